The van der Waals surface area contributed by atoms with Crippen LogP contribution >= 0.6 is 0 Å². The van der Waals surface area contributed by atoms with Crippen LogP contribution < -0.4 is 0 Å². The topological polar surface area (TPSA) is 109 Å². The molecular weight excluding hydrogens is 166 g/mol. The Bertz CT molecular complexity index is 311. The van der Waals surface area contributed by atoms with Crippen molar-refractivity contribution in [3.05, 3.63) is 21.6 Å². The number of aromatic carboxylic acids is 1. The number of carbonyl (C=O) groups is 1. The largest absolute Gasteiger partial charge is 0.476 e. The van der Waals surface area contributed by atoms with Gasteiger partial charge >= 0.3 is 11.8 Å². The Morgan fingerprint density at radius 2 is 2.33 bits per heavy atom. The van der Waals surface area contributed by atoms with E-state index in [4.69, 9.17) is 5.11 Å². The predicted molar refractivity (Wildman–Crippen MR) is 36.9 cm³/mol. The Morgan fingerprint density at radius 1 is 1.75 bits per heavy atom. The van der Waals surface area contributed by atoms with Crippen molar-refractivity contribution in [2.24, 2.45) is 0 Å². The van der Waals surface area contributed by atoms with Crippen molar-refractivity contribution in [2.75, 3.05) is 0 Å². The highest BCUT2D eigenvalue weighted by atomic mass is 16.6. The second-order valence-electron chi connectivity index (χ2n) is 2.08. The number of nitrogens with one attached hydrogen (secondary N) is 1. The second-order valence-corrected chi connectivity index (χ2v) is 2.08. The molecule has 0 unspecified atom stereocenters. The van der Waals surface area contributed by atoms with Gasteiger partial charge in [-0.05, 0) is 4.92 Å². The lowest BCUT2D eigenvalue weighted by atomic mass is 10.4. The highest BCUT2D eigenvalue weighted by Crippen LogP contribution is 2.13. The van der Waals surface area contributed by atoms with E-state index in [1.54, 1.807) is 0 Å². The Hall–Kier alpha value is -1.92. The van der Waals surface area contributed by atoms with E-state index in [1.807, 2.05) is 0 Å². The van der Waals surface area contributed by atoms with Gasteiger partial charge in [0.25, 0.3) is 0 Å². The Balaban J connectivity index is 3.26. The predicted octanol–water partition coefficient (Wildman–Crippen LogP) is 0.325. The summed E-state index contributed by atoms with van der Waals surface area (Å²) >= 11 is 0. The molecule has 0 bridgehead atoms. The summed E-state index contributed by atoms with van der Waals surface area (Å²) in [4.78, 5) is 25.4. The van der Waals surface area contributed by atoms with Crippen molar-refractivity contribution >= 4 is 11.8 Å². The van der Waals surface area contributed by atoms with Crippen LogP contribution in [0.1, 0.15) is 16.3 Å². The first kappa shape index (κ1) is 8.18. The summed E-state index contributed by atoms with van der Waals surface area (Å²) in [5.41, 5.74) is -0.558. The Kier molecular flexibility index (Phi) is 1.78. The zero-order valence-electron chi connectivity index (χ0n) is 6.07. The molecule has 0 aliphatic rings. The summed E-state index contributed by atoms with van der Waals surface area (Å²) in [6.45, 7) is 1.44. The van der Waals surface area contributed by atoms with Gasteiger partial charge in [0.05, 0.1) is 0 Å². The molecule has 1 rings (SSSR count). The molecule has 1 aromatic rings. The number of rotatable bonds is 2. The Labute approximate surface area is 66.2 Å². The standard InChI is InChI=1S/C5H5N3O4/c1-2-6-3(5(9)10)4(7-2)8(11)12/h1H3,(H,6,7)(H,9,10). The van der Waals surface area contributed by atoms with Gasteiger partial charge in [0.15, 0.2) is 5.82 Å². The van der Waals surface area contributed by atoms with Crippen molar-refractivity contribution in [1.82, 2.24) is 9.97 Å². The summed E-state index contributed by atoms with van der Waals surface area (Å²) < 4.78 is 0. The molecule has 0 atom stereocenters. The third kappa shape index (κ3) is 1.24. The summed E-state index contributed by atoms with van der Waals surface area (Å²) in [6, 6.07) is 0. The molecule has 0 radical (unpaired) electrons. The molecule has 0 aliphatic carbocycles. The fraction of sp³-hybridized carbons (Fsp3) is 0.200. The van der Waals surface area contributed by atoms with Gasteiger partial charge in [-0.15, -0.1) is 0 Å². The number of nitrogens with zero attached hydrogens (tertiary/aromatic N) is 2. The van der Waals surface area contributed by atoms with Gasteiger partial charge in [-0.1, -0.05) is 0 Å². The zero-order chi connectivity index (χ0) is 9.30. The maximum Gasteiger partial charge on any atom is 0.363 e. The number of aromatic amines is 1. The number of H-pyrrole nitrogens is 1. The zero-order valence-corrected chi connectivity index (χ0v) is 6.07. The number of carboxylic acid groups (broad SMARTS) is 1. The Morgan fingerprint density at radius 3 is 2.67 bits per heavy atom. The van der Waals surface area contributed by atoms with Gasteiger partial charge in [-0.25, -0.2) is 9.78 Å². The lowest BCUT2D eigenvalue weighted by Crippen LogP contribution is -2.01. The SMILES string of the molecule is Cc1nc(C(=O)O)c([N+](=O)[O-])[nH]1. The van der Waals surface area contributed by atoms with Crippen LogP contribution in [0.2, 0.25) is 0 Å². The molecule has 0 aromatic carbocycles. The van der Waals surface area contributed by atoms with E-state index < -0.39 is 22.4 Å². The van der Waals surface area contributed by atoms with E-state index in [9.17, 15) is 14.9 Å². The maximum atomic E-state index is 10.4. The minimum absolute atomic E-state index is 0.208. The number of aromatic nitrogens is 2. The van der Waals surface area contributed by atoms with E-state index >= 15 is 0 Å². The van der Waals surface area contributed by atoms with Crippen molar-refractivity contribution in [1.29, 1.82) is 0 Å². The quantitative estimate of drug-likeness (QED) is 0.492. The summed E-state index contributed by atoms with van der Waals surface area (Å²) in [6.07, 6.45) is 0. The van der Waals surface area contributed by atoms with E-state index in [1.165, 1.54) is 6.92 Å². The third-order valence-corrected chi connectivity index (χ3v) is 1.19. The summed E-state index contributed by atoms with van der Waals surface area (Å²) in [7, 11) is 0. The first-order valence-corrected chi connectivity index (χ1v) is 2.96. The molecule has 0 fully saturated rings. The van der Waals surface area contributed by atoms with E-state index in [0.29, 0.717) is 0 Å². The van der Waals surface area contributed by atoms with Crippen LogP contribution in [0.25, 0.3) is 0 Å². The van der Waals surface area contributed by atoms with Gasteiger partial charge in [0.1, 0.15) is 0 Å². The highest BCUT2D eigenvalue weighted by molar-refractivity contribution is 5.89. The first-order valence-electron chi connectivity index (χ1n) is 2.96. The summed E-state index contributed by atoms with van der Waals surface area (Å²) in [5, 5.41) is 18.7. The number of carboxylic acids is 1. The van der Waals surface area contributed by atoms with Crippen LogP contribution in [0.5, 0.6) is 0 Å². The average Bonchev–Trinajstić information content (AvgIpc) is 2.31. The van der Waals surface area contributed by atoms with Crippen LogP contribution in [0.3, 0.4) is 0 Å². The minimum atomic E-state index is -1.41. The summed E-state index contributed by atoms with van der Waals surface area (Å²) in [5.74, 6) is -1.79. The van der Waals surface area contributed by atoms with Crippen molar-refractivity contribution in [2.45, 2.75) is 6.92 Å². The molecule has 0 aliphatic heterocycles. The van der Waals surface area contributed by atoms with Crippen molar-refractivity contribution < 1.29 is 14.8 Å². The molecule has 2 N–H and O–H groups in total. The second kappa shape index (κ2) is 2.61. The van der Waals surface area contributed by atoms with Crippen LogP contribution in [0.4, 0.5) is 5.82 Å². The maximum absolute atomic E-state index is 10.4. The fourth-order valence-corrected chi connectivity index (χ4v) is 0.760. The number of hydrogen-bond acceptors (Lipinski definition) is 4. The van der Waals surface area contributed by atoms with Crippen molar-refractivity contribution in [3.8, 4) is 0 Å². The van der Waals surface area contributed by atoms with E-state index in [0.717, 1.165) is 0 Å². The lowest BCUT2D eigenvalue weighted by molar-refractivity contribution is -0.389. The van der Waals surface area contributed by atoms with Gasteiger partial charge < -0.3 is 15.2 Å². The van der Waals surface area contributed by atoms with Gasteiger partial charge in [-0.3, -0.25) is 0 Å². The number of aryl methyl sites for hydroxylation is 1. The fourth-order valence-electron chi connectivity index (χ4n) is 0.760. The molecule has 0 saturated carbocycles. The lowest BCUT2D eigenvalue weighted by Gasteiger charge is -1.89. The normalized spacial score (nSPS) is 9.75. The van der Waals surface area contributed by atoms with Crippen LogP contribution in [0.15, 0.2) is 0 Å². The molecule has 12 heavy (non-hydrogen) atoms. The number of nitro groups is 1. The third-order valence-electron chi connectivity index (χ3n) is 1.19. The number of imidazole rings is 1. The molecule has 1 heterocycles. The van der Waals surface area contributed by atoms with Crippen LogP contribution in [-0.4, -0.2) is 26.0 Å². The van der Waals surface area contributed by atoms with E-state index in [2.05, 4.69) is 9.97 Å². The molecule has 7 heteroatoms. The monoisotopic (exact) mass is 171 g/mol. The molecule has 0 saturated heterocycles. The van der Waals surface area contributed by atoms with Crippen LogP contribution in [-0.2, 0) is 0 Å². The van der Waals surface area contributed by atoms with Gasteiger partial charge in [0.2, 0.25) is 5.69 Å². The molecular formula is C5H5N3O4. The molecule has 0 amide bonds. The van der Waals surface area contributed by atoms with Crippen molar-refractivity contribution in [3.63, 3.8) is 0 Å². The highest BCUT2D eigenvalue weighted by Gasteiger charge is 2.23. The first-order chi connectivity index (χ1) is 5.52. The number of hydrogen-bond donors (Lipinski definition) is 2. The average molecular weight is 171 g/mol. The molecule has 1 aromatic heterocycles. The molecule has 0 spiro atoms. The van der Waals surface area contributed by atoms with Gasteiger partial charge in [-0.2, -0.15) is 4.98 Å². The van der Waals surface area contributed by atoms with Crippen LogP contribution in [0, 0.1) is 17.0 Å². The van der Waals surface area contributed by atoms with Gasteiger partial charge in [0, 0.05) is 6.92 Å². The van der Waals surface area contributed by atoms with E-state index in [-0.39, 0.29) is 5.82 Å². The smallest absolute Gasteiger partial charge is 0.363 e. The molecule has 64 valence electrons. The minimum Gasteiger partial charge on any atom is -0.476 e. The molecule has 7 nitrogen and oxygen atoms in total.